The maximum atomic E-state index is 10.9. The van der Waals surface area contributed by atoms with Gasteiger partial charge in [-0.3, -0.25) is 9.59 Å². The van der Waals surface area contributed by atoms with E-state index in [2.05, 4.69) is 0 Å². The summed E-state index contributed by atoms with van der Waals surface area (Å²) in [5.74, 6) is -1.97. The fourth-order valence-electron chi connectivity index (χ4n) is 1.86. The Labute approximate surface area is 74.2 Å². The fraction of sp³-hybridized carbons (Fsp3) is 0.333. The molecule has 0 heterocycles. The number of carboxylic acids is 2. The normalized spacial score (nSPS) is 39.7. The third-order valence-electron chi connectivity index (χ3n) is 2.74. The summed E-state index contributed by atoms with van der Waals surface area (Å²) in [6.07, 6.45) is 5.96. The first-order valence-corrected chi connectivity index (χ1v) is 3.88. The van der Waals surface area contributed by atoms with Gasteiger partial charge in [0.1, 0.15) is 10.8 Å². The van der Waals surface area contributed by atoms with Crippen molar-refractivity contribution in [3.63, 3.8) is 0 Å². The standard InChI is InChI=1S/C9H8O4/c10-6(11)8-1-2-9(5-8,4-3-8)7(12)13/h1-4H,5H2,(H,10,11)(H,12,13). The molecule has 68 valence electrons. The van der Waals surface area contributed by atoms with Gasteiger partial charge in [0.2, 0.25) is 0 Å². The second-order valence-corrected chi connectivity index (χ2v) is 3.53. The molecule has 4 nitrogen and oxygen atoms in total. The third-order valence-corrected chi connectivity index (χ3v) is 2.74. The predicted octanol–water partition coefficient (Wildman–Crippen LogP) is 0.658. The van der Waals surface area contributed by atoms with Crippen molar-refractivity contribution in [3.05, 3.63) is 24.3 Å². The van der Waals surface area contributed by atoms with E-state index in [9.17, 15) is 9.59 Å². The zero-order chi connectivity index (χ0) is 9.69. The molecule has 0 radical (unpaired) electrons. The summed E-state index contributed by atoms with van der Waals surface area (Å²) in [6.45, 7) is 0. The van der Waals surface area contributed by atoms with Crippen LogP contribution in [0.25, 0.3) is 0 Å². The lowest BCUT2D eigenvalue weighted by atomic mass is 9.86. The van der Waals surface area contributed by atoms with Crippen LogP contribution in [-0.4, -0.2) is 22.2 Å². The zero-order valence-corrected chi connectivity index (χ0v) is 6.73. The second kappa shape index (κ2) is 2.02. The highest BCUT2D eigenvalue weighted by Gasteiger charge is 2.54. The summed E-state index contributed by atoms with van der Waals surface area (Å²) in [6, 6.07) is 0. The Bertz CT molecular complexity index is 305. The lowest BCUT2D eigenvalue weighted by Crippen LogP contribution is -2.27. The Morgan fingerprint density at radius 3 is 1.38 bits per heavy atom. The maximum absolute atomic E-state index is 10.9. The summed E-state index contributed by atoms with van der Waals surface area (Å²) in [4.78, 5) is 21.7. The molecule has 2 bridgehead atoms. The summed E-state index contributed by atoms with van der Waals surface area (Å²) in [5, 5.41) is 17.8. The van der Waals surface area contributed by atoms with Gasteiger partial charge in [-0.1, -0.05) is 24.3 Å². The molecular weight excluding hydrogens is 172 g/mol. The number of fused-ring (bicyclic) bond motifs is 2. The molecule has 0 spiro atoms. The average Bonchev–Trinajstić information content (AvgIpc) is 2.61. The van der Waals surface area contributed by atoms with Gasteiger partial charge in [-0.05, 0) is 6.42 Å². The van der Waals surface area contributed by atoms with E-state index in [1.165, 1.54) is 24.3 Å². The summed E-state index contributed by atoms with van der Waals surface area (Å²) in [5.41, 5.74) is -2.14. The van der Waals surface area contributed by atoms with Crippen LogP contribution in [0.15, 0.2) is 24.3 Å². The van der Waals surface area contributed by atoms with Crippen molar-refractivity contribution in [1.82, 2.24) is 0 Å². The molecule has 13 heavy (non-hydrogen) atoms. The summed E-state index contributed by atoms with van der Waals surface area (Å²) >= 11 is 0. The number of carboxylic acid groups (broad SMARTS) is 2. The van der Waals surface area contributed by atoms with Crippen LogP contribution < -0.4 is 0 Å². The van der Waals surface area contributed by atoms with E-state index in [4.69, 9.17) is 10.2 Å². The number of hydrogen-bond donors (Lipinski definition) is 2. The first-order chi connectivity index (χ1) is 6.01. The monoisotopic (exact) mass is 180 g/mol. The minimum Gasteiger partial charge on any atom is -0.480 e. The van der Waals surface area contributed by atoms with Crippen molar-refractivity contribution in [1.29, 1.82) is 0 Å². The van der Waals surface area contributed by atoms with E-state index in [1.54, 1.807) is 0 Å². The Morgan fingerprint density at radius 2 is 1.23 bits per heavy atom. The van der Waals surface area contributed by atoms with Gasteiger partial charge in [-0.15, -0.1) is 0 Å². The first-order valence-electron chi connectivity index (χ1n) is 3.88. The molecule has 0 aromatic rings. The first kappa shape index (κ1) is 8.04. The van der Waals surface area contributed by atoms with E-state index in [0.29, 0.717) is 0 Å². The van der Waals surface area contributed by atoms with Crippen LogP contribution >= 0.6 is 0 Å². The van der Waals surface area contributed by atoms with Crippen LogP contribution in [0, 0.1) is 10.8 Å². The van der Waals surface area contributed by atoms with Crippen molar-refractivity contribution in [3.8, 4) is 0 Å². The Kier molecular flexibility index (Phi) is 1.25. The number of hydrogen-bond acceptors (Lipinski definition) is 2. The second-order valence-electron chi connectivity index (χ2n) is 3.53. The third kappa shape index (κ3) is 0.798. The van der Waals surface area contributed by atoms with E-state index >= 15 is 0 Å². The van der Waals surface area contributed by atoms with Crippen LogP contribution in [0.1, 0.15) is 6.42 Å². The van der Waals surface area contributed by atoms with Gasteiger partial charge >= 0.3 is 11.9 Å². The molecule has 2 aliphatic carbocycles. The van der Waals surface area contributed by atoms with Gasteiger partial charge in [-0.2, -0.15) is 0 Å². The van der Waals surface area contributed by atoms with E-state index < -0.39 is 22.8 Å². The fourth-order valence-corrected chi connectivity index (χ4v) is 1.86. The molecule has 2 N–H and O–H groups in total. The van der Waals surface area contributed by atoms with Gasteiger partial charge in [0.25, 0.3) is 0 Å². The number of rotatable bonds is 2. The van der Waals surface area contributed by atoms with E-state index in [1.807, 2.05) is 0 Å². The molecule has 0 fully saturated rings. The van der Waals surface area contributed by atoms with Crippen LogP contribution in [0.4, 0.5) is 0 Å². The quantitative estimate of drug-likeness (QED) is 0.612. The topological polar surface area (TPSA) is 74.6 Å². The molecule has 0 aromatic carbocycles. The molecule has 0 atom stereocenters. The molecule has 2 rings (SSSR count). The molecule has 0 aromatic heterocycles. The molecule has 0 saturated heterocycles. The van der Waals surface area contributed by atoms with Crippen LogP contribution in [0.3, 0.4) is 0 Å². The molecule has 2 aliphatic rings. The number of aliphatic carboxylic acids is 2. The summed E-state index contributed by atoms with van der Waals surface area (Å²) < 4.78 is 0. The van der Waals surface area contributed by atoms with Crippen molar-refractivity contribution < 1.29 is 19.8 Å². The van der Waals surface area contributed by atoms with Gasteiger partial charge in [0.15, 0.2) is 0 Å². The Morgan fingerprint density at radius 1 is 0.923 bits per heavy atom. The molecule has 0 aliphatic heterocycles. The van der Waals surface area contributed by atoms with E-state index in [0.717, 1.165) is 0 Å². The largest absolute Gasteiger partial charge is 0.480 e. The van der Waals surface area contributed by atoms with Crippen LogP contribution in [0.5, 0.6) is 0 Å². The molecule has 0 saturated carbocycles. The maximum Gasteiger partial charge on any atom is 0.317 e. The summed E-state index contributed by atoms with van der Waals surface area (Å²) in [7, 11) is 0. The van der Waals surface area contributed by atoms with Gasteiger partial charge in [0, 0.05) is 0 Å². The molecule has 0 amide bonds. The van der Waals surface area contributed by atoms with Crippen LogP contribution in [-0.2, 0) is 9.59 Å². The lowest BCUT2D eigenvalue weighted by Gasteiger charge is -2.16. The zero-order valence-electron chi connectivity index (χ0n) is 6.73. The van der Waals surface area contributed by atoms with Gasteiger partial charge < -0.3 is 10.2 Å². The minimum absolute atomic E-state index is 0.116. The highest BCUT2D eigenvalue weighted by Crippen LogP contribution is 2.51. The smallest absolute Gasteiger partial charge is 0.317 e. The van der Waals surface area contributed by atoms with E-state index in [-0.39, 0.29) is 6.42 Å². The average molecular weight is 180 g/mol. The van der Waals surface area contributed by atoms with Gasteiger partial charge in [-0.25, -0.2) is 0 Å². The SMILES string of the molecule is O=C(O)C12C=CC(C(=O)O)(C=C1)C2. The van der Waals surface area contributed by atoms with Crippen molar-refractivity contribution in [2.24, 2.45) is 10.8 Å². The molecule has 0 unspecified atom stereocenters. The highest BCUT2D eigenvalue weighted by atomic mass is 16.4. The van der Waals surface area contributed by atoms with Crippen molar-refractivity contribution in [2.45, 2.75) is 6.42 Å². The Balaban J connectivity index is 2.42. The van der Waals surface area contributed by atoms with Crippen molar-refractivity contribution >= 4 is 11.9 Å². The predicted molar refractivity (Wildman–Crippen MR) is 43.0 cm³/mol. The highest BCUT2D eigenvalue weighted by molar-refractivity contribution is 5.90. The van der Waals surface area contributed by atoms with Crippen LogP contribution in [0.2, 0.25) is 0 Å². The minimum atomic E-state index is -1.07. The molecular formula is C9H8O4. The lowest BCUT2D eigenvalue weighted by molar-refractivity contribution is -0.146. The van der Waals surface area contributed by atoms with Crippen molar-refractivity contribution in [2.75, 3.05) is 0 Å². The Hall–Kier alpha value is -1.58. The van der Waals surface area contributed by atoms with Gasteiger partial charge in [0.05, 0.1) is 0 Å². The molecule has 4 heteroatoms. The number of carbonyl (C=O) groups is 2.